The molecule has 0 aromatic carbocycles. The molecule has 0 unspecified atom stereocenters. The molecule has 6 nitrogen and oxygen atoms in total. The van der Waals surface area contributed by atoms with E-state index in [1.54, 1.807) is 4.80 Å². The summed E-state index contributed by atoms with van der Waals surface area (Å²) in [5.74, 6) is 0. The van der Waals surface area contributed by atoms with E-state index in [0.717, 1.165) is 17.1 Å². The van der Waals surface area contributed by atoms with Gasteiger partial charge in [0.1, 0.15) is 0 Å². The zero-order chi connectivity index (χ0) is 14.6. The fraction of sp³-hybridized carbons (Fsp3) is 0.733. The molecule has 0 atom stereocenters. The van der Waals surface area contributed by atoms with Gasteiger partial charge in [-0.25, -0.2) is 9.48 Å². The van der Waals surface area contributed by atoms with E-state index in [0.29, 0.717) is 12.1 Å². The fourth-order valence-electron chi connectivity index (χ4n) is 1.46. The average molecular weight is 384 g/mol. The molecule has 0 saturated carbocycles. The zero-order valence-corrected chi connectivity index (χ0v) is 16.3. The van der Waals surface area contributed by atoms with Gasteiger partial charge in [0.2, 0.25) is 0 Å². The third-order valence-corrected chi connectivity index (χ3v) is 2.68. The van der Waals surface area contributed by atoms with Gasteiger partial charge in [0, 0.05) is 38.8 Å². The number of hydrogen-bond donors (Lipinski definition) is 0. The molecule has 0 amide bonds. The van der Waals surface area contributed by atoms with Crippen LogP contribution in [0.25, 0.3) is 0 Å². The van der Waals surface area contributed by atoms with Crippen LogP contribution in [0.4, 0.5) is 0 Å². The van der Waals surface area contributed by atoms with E-state index in [2.05, 4.69) is 40.6 Å². The van der Waals surface area contributed by atoms with Crippen LogP contribution in [0.2, 0.25) is 0 Å². The third kappa shape index (κ3) is 7.59. The molecule has 0 fully saturated rings. The van der Waals surface area contributed by atoms with Crippen LogP contribution in [-0.4, -0.2) is 30.0 Å². The van der Waals surface area contributed by atoms with Gasteiger partial charge < -0.3 is 11.3 Å². The first kappa shape index (κ1) is 26.3. The van der Waals surface area contributed by atoms with Crippen molar-refractivity contribution in [1.29, 1.82) is 0 Å². The summed E-state index contributed by atoms with van der Waals surface area (Å²) in [6.45, 7) is 14.2. The second-order valence-electron chi connectivity index (χ2n) is 5.11. The predicted octanol–water partition coefficient (Wildman–Crippen LogP) is 3.71. The van der Waals surface area contributed by atoms with Crippen LogP contribution in [-0.2, 0) is 32.7 Å². The second kappa shape index (κ2) is 11.9. The summed E-state index contributed by atoms with van der Waals surface area (Å²) in [5.41, 5.74) is 3.03. The average Bonchev–Trinajstić information content (AvgIpc) is 2.88. The molecule has 2 aromatic heterocycles. The van der Waals surface area contributed by atoms with E-state index in [4.69, 9.17) is 0 Å². The van der Waals surface area contributed by atoms with Crippen molar-refractivity contribution in [1.82, 2.24) is 30.0 Å². The van der Waals surface area contributed by atoms with Crippen molar-refractivity contribution in [2.75, 3.05) is 0 Å². The Balaban J connectivity index is -0.000000290. The Morgan fingerprint density at radius 3 is 1.68 bits per heavy atom. The number of aromatic nitrogens is 6. The minimum atomic E-state index is 0. The van der Waals surface area contributed by atoms with Gasteiger partial charge >= 0.3 is 0 Å². The van der Waals surface area contributed by atoms with Gasteiger partial charge in [-0.2, -0.15) is 5.10 Å². The summed E-state index contributed by atoms with van der Waals surface area (Å²) in [5, 5.41) is 15.9. The largest absolute Gasteiger partial charge is 0.374 e. The number of rotatable bonds is 2. The summed E-state index contributed by atoms with van der Waals surface area (Å²) < 4.78 is 1.93. The van der Waals surface area contributed by atoms with Crippen LogP contribution >= 0.6 is 0 Å². The Bertz CT molecular complexity index is 516. The number of aryl methyl sites for hydroxylation is 2. The Hall–Kier alpha value is -0.616. The van der Waals surface area contributed by atoms with Crippen LogP contribution in [0.15, 0.2) is 0 Å². The van der Waals surface area contributed by atoms with Gasteiger partial charge in [-0.1, -0.05) is 27.0 Å². The van der Waals surface area contributed by atoms with Crippen LogP contribution in [0, 0.1) is 27.0 Å². The Morgan fingerprint density at radius 1 is 0.955 bits per heavy atom. The Labute approximate surface area is 160 Å². The number of hydrogen-bond acceptors (Lipinski definition) is 4. The van der Waals surface area contributed by atoms with Crippen molar-refractivity contribution >= 4 is 0 Å². The Kier molecular flexibility index (Phi) is 14.2. The van der Waals surface area contributed by atoms with Crippen molar-refractivity contribution in [2.45, 2.75) is 75.4 Å². The van der Waals surface area contributed by atoms with Crippen molar-refractivity contribution in [2.24, 2.45) is 0 Å². The fourth-order valence-corrected chi connectivity index (χ4v) is 1.46. The summed E-state index contributed by atoms with van der Waals surface area (Å²) in [6, 6.07) is 0.760. The molecule has 0 bridgehead atoms. The van der Waals surface area contributed by atoms with Gasteiger partial charge in [-0.15, -0.1) is 10.8 Å². The maximum atomic E-state index is 4.06. The molecule has 22 heavy (non-hydrogen) atoms. The molecule has 7 heteroatoms. The molecule has 2 heterocycles. The molecule has 0 saturated heterocycles. The molecule has 0 N–H and O–H groups in total. The molecular weight excluding hydrogens is 353 g/mol. The maximum absolute atomic E-state index is 4.06. The third-order valence-electron chi connectivity index (χ3n) is 2.68. The normalized spacial score (nSPS) is 9.32. The molecule has 0 aliphatic carbocycles. The predicted molar refractivity (Wildman–Crippen MR) is 87.3 cm³/mol. The van der Waals surface area contributed by atoms with Crippen molar-refractivity contribution in [3.63, 3.8) is 0 Å². The van der Waals surface area contributed by atoms with E-state index < -0.39 is 0 Å². The number of nitrogens with zero attached hydrogens (tertiary/aromatic N) is 6. The first-order valence-electron chi connectivity index (χ1n) is 6.52. The summed E-state index contributed by atoms with van der Waals surface area (Å²) in [7, 11) is 0. The molecule has 2 aromatic rings. The van der Waals surface area contributed by atoms with E-state index >= 15 is 0 Å². The van der Waals surface area contributed by atoms with E-state index in [9.17, 15) is 0 Å². The second-order valence-corrected chi connectivity index (χ2v) is 5.11. The standard InChI is InChI=1S/C7H13N3.C6H10N3.2CH4.Y/c1-5(2)10-7(4)6(3)8-9-10;1-5(2)9-7-4-6(3)8-9;;;/h5H,1-4H3;5H,1-3H3;2*1H4;/q;-1;;;. The van der Waals surface area contributed by atoms with E-state index in [1.807, 2.05) is 39.3 Å². The van der Waals surface area contributed by atoms with Crippen LogP contribution < -0.4 is 0 Å². The summed E-state index contributed by atoms with van der Waals surface area (Å²) >= 11 is 0. The minimum Gasteiger partial charge on any atom is -0.374 e. The Morgan fingerprint density at radius 2 is 1.50 bits per heavy atom. The quantitative estimate of drug-likeness (QED) is 0.741. The summed E-state index contributed by atoms with van der Waals surface area (Å²) in [6.07, 6.45) is 2.75. The van der Waals surface area contributed by atoms with Crippen molar-refractivity contribution in [3.05, 3.63) is 23.3 Å². The molecule has 1 radical (unpaired) electrons. The van der Waals surface area contributed by atoms with Gasteiger partial charge in [0.05, 0.1) is 17.4 Å². The van der Waals surface area contributed by atoms with Crippen molar-refractivity contribution in [3.8, 4) is 0 Å². The summed E-state index contributed by atoms with van der Waals surface area (Å²) in [4.78, 5) is 1.65. The first-order valence-corrected chi connectivity index (χ1v) is 6.52. The smallest absolute Gasteiger partial charge is 0.0825 e. The molecular formula is C15H31N6Y-. The maximum Gasteiger partial charge on any atom is 0.0825 e. The zero-order valence-electron chi connectivity index (χ0n) is 13.4. The monoisotopic (exact) mass is 384 g/mol. The topological polar surface area (TPSA) is 61.4 Å². The first-order chi connectivity index (χ1) is 8.82. The molecule has 0 spiro atoms. The van der Waals surface area contributed by atoms with E-state index in [-0.39, 0.29) is 47.6 Å². The molecule has 0 aliphatic rings. The van der Waals surface area contributed by atoms with Crippen molar-refractivity contribution < 1.29 is 32.7 Å². The van der Waals surface area contributed by atoms with Gasteiger partial charge in [-0.3, -0.25) is 0 Å². The van der Waals surface area contributed by atoms with Crippen LogP contribution in [0.3, 0.4) is 0 Å². The van der Waals surface area contributed by atoms with Crippen LogP contribution in [0.1, 0.15) is 71.7 Å². The molecule has 0 aliphatic heterocycles. The molecule has 2 rings (SSSR count). The van der Waals surface area contributed by atoms with Gasteiger partial charge in [-0.05, 0) is 41.5 Å². The van der Waals surface area contributed by atoms with Gasteiger partial charge in [0.25, 0.3) is 0 Å². The van der Waals surface area contributed by atoms with Gasteiger partial charge in [0.15, 0.2) is 0 Å². The van der Waals surface area contributed by atoms with Crippen LogP contribution in [0.5, 0.6) is 0 Å². The molecule has 125 valence electrons. The SMILES string of the molecule is C.C.Cc1[c-]nn(C(C)C)n1.Cc1nnn(C(C)C)c1C.[Y]. The van der Waals surface area contributed by atoms with E-state index in [1.165, 1.54) is 0 Å². The minimum absolute atomic E-state index is 0.